The fourth-order valence-corrected chi connectivity index (χ4v) is 4.64. The molecule has 3 N–H and O–H groups in total. The summed E-state index contributed by atoms with van der Waals surface area (Å²) >= 11 is 0. The molecular formula is C27H27F2N5O2. The minimum Gasteiger partial charge on any atom is -0.486 e. The summed E-state index contributed by atoms with van der Waals surface area (Å²) in [5, 5.41) is 8.33. The van der Waals surface area contributed by atoms with E-state index in [-0.39, 0.29) is 0 Å². The molecule has 1 aliphatic heterocycles. The highest BCUT2D eigenvalue weighted by Gasteiger charge is 2.24. The number of fused-ring (bicyclic) bond motifs is 1. The van der Waals surface area contributed by atoms with Crippen LogP contribution in [0.15, 0.2) is 54.6 Å². The van der Waals surface area contributed by atoms with E-state index in [9.17, 15) is 13.6 Å². The predicted octanol–water partition coefficient (Wildman–Crippen LogP) is 4.50. The van der Waals surface area contributed by atoms with Crippen LogP contribution in [-0.4, -0.2) is 54.2 Å². The van der Waals surface area contributed by atoms with Gasteiger partial charge in [-0.2, -0.15) is 5.10 Å². The summed E-state index contributed by atoms with van der Waals surface area (Å²) in [6.45, 7) is 5.15. The monoisotopic (exact) mass is 491 g/mol. The highest BCUT2D eigenvalue weighted by molar-refractivity contribution is 6.07. The number of halogens is 2. The molecule has 186 valence electrons. The van der Waals surface area contributed by atoms with Crippen LogP contribution in [0.25, 0.3) is 22.2 Å². The number of nitrogens with zero attached hydrogens (tertiary/aromatic N) is 3. The number of ether oxygens (including phenoxy) is 1. The summed E-state index contributed by atoms with van der Waals surface area (Å²) in [5.41, 5.74) is 9.45. The Bertz CT molecular complexity index is 1410. The predicted molar refractivity (Wildman–Crippen MR) is 135 cm³/mol. The zero-order valence-corrected chi connectivity index (χ0v) is 20.1. The van der Waals surface area contributed by atoms with Crippen molar-refractivity contribution in [2.75, 3.05) is 38.1 Å². The van der Waals surface area contributed by atoms with Crippen molar-refractivity contribution in [3.8, 4) is 17.0 Å². The second kappa shape index (κ2) is 9.58. The maximum absolute atomic E-state index is 13.7. The second-order valence-corrected chi connectivity index (χ2v) is 9.10. The van der Waals surface area contributed by atoms with Gasteiger partial charge in [-0.3, -0.25) is 9.89 Å². The van der Waals surface area contributed by atoms with Gasteiger partial charge >= 0.3 is 0 Å². The van der Waals surface area contributed by atoms with Gasteiger partial charge in [0.15, 0.2) is 0 Å². The van der Waals surface area contributed by atoms with E-state index in [2.05, 4.69) is 27.0 Å². The van der Waals surface area contributed by atoms with Gasteiger partial charge in [-0.1, -0.05) is 6.07 Å². The highest BCUT2D eigenvalue weighted by Crippen LogP contribution is 2.38. The molecule has 9 heteroatoms. The van der Waals surface area contributed by atoms with Gasteiger partial charge in [0.25, 0.3) is 0 Å². The standard InChI is InChI=1S/C27H27F2N5O2/c1-16(17-12-18(28)14-19(29)13-17)36-20-6-7-23-22(15-20)26(32-31-23)25-21(27(30)35)4-3-5-24(25)34-10-8-33(2)9-11-34/h3-7,12-16H,8-11H2,1-2H3,(H2,30,35)(H,31,32). The average Bonchev–Trinajstić information content (AvgIpc) is 3.26. The Morgan fingerprint density at radius 1 is 1.06 bits per heavy atom. The smallest absolute Gasteiger partial charge is 0.249 e. The largest absolute Gasteiger partial charge is 0.486 e. The molecular weight excluding hydrogens is 464 g/mol. The Morgan fingerprint density at radius 3 is 2.47 bits per heavy atom. The minimum absolute atomic E-state index is 0.384. The number of carbonyl (C=O) groups is 1. The molecule has 1 aliphatic rings. The number of aromatic amines is 1. The Kier molecular flexibility index (Phi) is 6.32. The number of hydrogen-bond acceptors (Lipinski definition) is 5. The van der Waals surface area contributed by atoms with Crippen molar-refractivity contribution < 1.29 is 18.3 Å². The van der Waals surface area contributed by atoms with Gasteiger partial charge in [0.05, 0.1) is 11.1 Å². The number of likely N-dealkylation sites (N-methyl/N-ethyl adjacent to an activating group) is 1. The number of nitrogens with two attached hydrogens (primary N) is 1. The maximum Gasteiger partial charge on any atom is 0.249 e. The lowest BCUT2D eigenvalue weighted by molar-refractivity contribution is 0.100. The van der Waals surface area contributed by atoms with E-state index in [4.69, 9.17) is 10.5 Å². The zero-order valence-electron chi connectivity index (χ0n) is 20.1. The van der Waals surface area contributed by atoms with Crippen LogP contribution in [-0.2, 0) is 0 Å². The summed E-state index contributed by atoms with van der Waals surface area (Å²) in [5.74, 6) is -1.36. The van der Waals surface area contributed by atoms with Gasteiger partial charge in [-0.05, 0) is 62.0 Å². The van der Waals surface area contributed by atoms with Crippen LogP contribution >= 0.6 is 0 Å². The first-order valence-corrected chi connectivity index (χ1v) is 11.8. The van der Waals surface area contributed by atoms with E-state index in [1.165, 1.54) is 12.1 Å². The van der Waals surface area contributed by atoms with E-state index in [1.54, 1.807) is 19.1 Å². The molecule has 1 fully saturated rings. The number of rotatable bonds is 6. The van der Waals surface area contributed by atoms with Crippen LogP contribution in [0.1, 0.15) is 28.9 Å². The molecule has 36 heavy (non-hydrogen) atoms. The molecule has 7 nitrogen and oxygen atoms in total. The van der Waals surface area contributed by atoms with Gasteiger partial charge in [0, 0.05) is 48.9 Å². The molecule has 0 spiro atoms. The number of hydrogen-bond donors (Lipinski definition) is 2. The van der Waals surface area contributed by atoms with Crippen molar-refractivity contribution in [3.05, 3.63) is 77.4 Å². The molecule has 0 saturated carbocycles. The second-order valence-electron chi connectivity index (χ2n) is 9.10. The Morgan fingerprint density at radius 2 is 1.78 bits per heavy atom. The lowest BCUT2D eigenvalue weighted by Crippen LogP contribution is -2.44. The number of amides is 1. The summed E-state index contributed by atoms with van der Waals surface area (Å²) in [4.78, 5) is 16.9. The third-order valence-electron chi connectivity index (χ3n) is 6.59. The normalized spacial score (nSPS) is 15.3. The molecule has 1 amide bonds. The van der Waals surface area contributed by atoms with Crippen molar-refractivity contribution >= 4 is 22.5 Å². The van der Waals surface area contributed by atoms with Gasteiger partial charge in [-0.25, -0.2) is 8.78 Å². The molecule has 2 heterocycles. The molecule has 1 aromatic heterocycles. The lowest BCUT2D eigenvalue weighted by atomic mass is 9.98. The van der Waals surface area contributed by atoms with Crippen LogP contribution in [0, 0.1) is 11.6 Å². The third-order valence-corrected chi connectivity index (χ3v) is 6.59. The first-order chi connectivity index (χ1) is 17.3. The fourth-order valence-electron chi connectivity index (χ4n) is 4.64. The molecule has 1 unspecified atom stereocenters. The third kappa shape index (κ3) is 4.61. The van der Waals surface area contributed by atoms with Crippen LogP contribution in [0.4, 0.5) is 14.5 Å². The molecule has 1 saturated heterocycles. The summed E-state index contributed by atoms with van der Waals surface area (Å²) < 4.78 is 33.4. The van der Waals surface area contributed by atoms with E-state index in [0.29, 0.717) is 28.1 Å². The SMILES string of the molecule is CC(Oc1ccc2[nH]nc(-c3c(C(N)=O)cccc3N3CCN(C)CC3)c2c1)c1cc(F)cc(F)c1. The Labute approximate surface area is 207 Å². The molecule has 4 aromatic rings. The van der Waals surface area contributed by atoms with Crippen molar-refractivity contribution in [3.63, 3.8) is 0 Å². The lowest BCUT2D eigenvalue weighted by Gasteiger charge is -2.35. The number of primary amides is 1. The zero-order chi connectivity index (χ0) is 25.4. The van der Waals surface area contributed by atoms with Crippen molar-refractivity contribution in [1.29, 1.82) is 0 Å². The van der Waals surface area contributed by atoms with Crippen molar-refractivity contribution in [1.82, 2.24) is 15.1 Å². The first-order valence-electron chi connectivity index (χ1n) is 11.8. The number of carbonyl (C=O) groups excluding carboxylic acids is 1. The Balaban J connectivity index is 1.56. The van der Waals surface area contributed by atoms with Crippen molar-refractivity contribution in [2.24, 2.45) is 5.73 Å². The first kappa shape index (κ1) is 23.7. The Hall–Kier alpha value is -3.98. The molecule has 3 aromatic carbocycles. The number of anilines is 1. The molecule has 0 radical (unpaired) electrons. The number of nitrogens with one attached hydrogen (secondary N) is 1. The molecule has 0 aliphatic carbocycles. The van der Waals surface area contributed by atoms with E-state index < -0.39 is 23.6 Å². The van der Waals surface area contributed by atoms with Gasteiger partial charge in [0.1, 0.15) is 29.2 Å². The molecule has 5 rings (SSSR count). The van der Waals surface area contributed by atoms with Crippen LogP contribution in [0.3, 0.4) is 0 Å². The molecule has 0 bridgehead atoms. The highest BCUT2D eigenvalue weighted by atomic mass is 19.1. The van der Waals surface area contributed by atoms with Gasteiger partial charge in [0.2, 0.25) is 5.91 Å². The maximum atomic E-state index is 13.7. The van der Waals surface area contributed by atoms with E-state index in [0.717, 1.165) is 48.8 Å². The quantitative estimate of drug-likeness (QED) is 0.415. The minimum atomic E-state index is -0.660. The number of piperazine rings is 1. The van der Waals surface area contributed by atoms with Crippen LogP contribution < -0.4 is 15.4 Å². The fraction of sp³-hybridized carbons (Fsp3) is 0.259. The molecule has 1 atom stereocenters. The summed E-state index contributed by atoms with van der Waals surface area (Å²) in [7, 11) is 2.08. The van der Waals surface area contributed by atoms with Crippen LogP contribution in [0.2, 0.25) is 0 Å². The van der Waals surface area contributed by atoms with E-state index >= 15 is 0 Å². The number of H-pyrrole nitrogens is 1. The van der Waals surface area contributed by atoms with Gasteiger partial charge < -0.3 is 20.3 Å². The van der Waals surface area contributed by atoms with Gasteiger partial charge in [-0.15, -0.1) is 0 Å². The van der Waals surface area contributed by atoms with Crippen LogP contribution in [0.5, 0.6) is 5.75 Å². The summed E-state index contributed by atoms with van der Waals surface area (Å²) in [6, 6.07) is 14.2. The summed E-state index contributed by atoms with van der Waals surface area (Å²) in [6.07, 6.45) is -0.596. The average molecular weight is 492 g/mol. The van der Waals surface area contributed by atoms with Crippen molar-refractivity contribution in [2.45, 2.75) is 13.0 Å². The number of benzene rings is 3. The number of aromatic nitrogens is 2. The topological polar surface area (TPSA) is 87.5 Å². The van der Waals surface area contributed by atoms with E-state index in [1.807, 2.05) is 24.3 Å².